The summed E-state index contributed by atoms with van der Waals surface area (Å²) in [5.41, 5.74) is 0. The number of unbranched alkanes of at least 4 members (excludes halogenated alkanes) is 3. The van der Waals surface area contributed by atoms with Crippen molar-refractivity contribution in [2.75, 3.05) is 26.2 Å². The van der Waals surface area contributed by atoms with Crippen LogP contribution in [0.3, 0.4) is 0 Å². The summed E-state index contributed by atoms with van der Waals surface area (Å²) in [7, 11) is 0. The molecular weight excluding hydrogens is 232 g/mol. The molecule has 0 aliphatic carbocycles. The van der Waals surface area contributed by atoms with Crippen molar-refractivity contribution in [1.29, 1.82) is 0 Å². The lowest BCUT2D eigenvalue weighted by atomic mass is 10.1. The number of rotatable bonds is 13. The van der Waals surface area contributed by atoms with Crippen molar-refractivity contribution in [3.8, 4) is 0 Å². The van der Waals surface area contributed by atoms with Gasteiger partial charge in [0.1, 0.15) is 0 Å². The highest BCUT2D eigenvalue weighted by Gasteiger charge is 2.21. The van der Waals surface area contributed by atoms with Gasteiger partial charge >= 0.3 is 0 Å². The Hall–Kier alpha value is -0.0800. The van der Waals surface area contributed by atoms with E-state index in [-0.39, 0.29) is 0 Å². The number of nitrogens with zero attached hydrogens (tertiary/aromatic N) is 2. The highest BCUT2D eigenvalue weighted by Crippen LogP contribution is 2.15. The molecule has 0 aromatic rings. The largest absolute Gasteiger partial charge is 0.288 e. The van der Waals surface area contributed by atoms with E-state index in [0.29, 0.717) is 6.17 Å². The Morgan fingerprint density at radius 2 is 1.05 bits per heavy atom. The quantitative estimate of drug-likeness (QED) is 0.446. The normalized spacial score (nSPS) is 12.0. The summed E-state index contributed by atoms with van der Waals surface area (Å²) in [6, 6.07) is 0. The predicted octanol–water partition coefficient (Wildman–Crippen LogP) is 4.75. The van der Waals surface area contributed by atoms with E-state index in [1.807, 2.05) is 0 Å². The van der Waals surface area contributed by atoms with E-state index in [4.69, 9.17) is 0 Å². The van der Waals surface area contributed by atoms with Gasteiger partial charge < -0.3 is 0 Å². The predicted molar refractivity (Wildman–Crippen MR) is 87.6 cm³/mol. The average Bonchev–Trinajstić information content (AvgIpc) is 2.44. The van der Waals surface area contributed by atoms with Gasteiger partial charge in [-0.3, -0.25) is 9.80 Å². The summed E-state index contributed by atoms with van der Waals surface area (Å²) in [6.45, 7) is 16.5. The molecule has 0 unspecified atom stereocenters. The molecule has 0 saturated heterocycles. The van der Waals surface area contributed by atoms with Crippen molar-refractivity contribution in [2.24, 2.45) is 0 Å². The summed E-state index contributed by atoms with van der Waals surface area (Å²) in [5, 5.41) is 0. The van der Waals surface area contributed by atoms with Gasteiger partial charge in [0.05, 0.1) is 6.17 Å². The van der Waals surface area contributed by atoms with Gasteiger partial charge in [-0.2, -0.15) is 0 Å². The van der Waals surface area contributed by atoms with Crippen molar-refractivity contribution in [3.05, 3.63) is 0 Å². The van der Waals surface area contributed by atoms with E-state index in [1.165, 1.54) is 71.1 Å². The fourth-order valence-corrected chi connectivity index (χ4v) is 2.74. The molecule has 0 fully saturated rings. The van der Waals surface area contributed by atoms with Gasteiger partial charge in [0, 0.05) is 0 Å². The first-order valence-corrected chi connectivity index (χ1v) is 8.73. The Morgan fingerprint density at radius 1 is 0.632 bits per heavy atom. The molecule has 116 valence electrons. The maximum absolute atomic E-state index is 2.71. The maximum atomic E-state index is 2.71. The molecule has 0 heterocycles. The van der Waals surface area contributed by atoms with Gasteiger partial charge in [-0.1, -0.05) is 60.3 Å². The van der Waals surface area contributed by atoms with E-state index >= 15 is 0 Å². The molecule has 0 radical (unpaired) electrons. The molecule has 19 heavy (non-hydrogen) atoms. The molecular formula is C17H38N2. The van der Waals surface area contributed by atoms with Crippen LogP contribution in [0.1, 0.15) is 79.6 Å². The van der Waals surface area contributed by atoms with Crippen LogP contribution in [0.15, 0.2) is 0 Å². The first kappa shape index (κ1) is 18.9. The molecule has 0 amide bonds. The Labute approximate surface area is 122 Å². The first-order valence-electron chi connectivity index (χ1n) is 8.73. The highest BCUT2D eigenvalue weighted by molar-refractivity contribution is 4.72. The molecule has 0 aromatic carbocycles. The van der Waals surface area contributed by atoms with Crippen LogP contribution >= 0.6 is 0 Å². The molecule has 0 aromatic heterocycles. The fraction of sp³-hybridized carbons (Fsp3) is 1.00. The van der Waals surface area contributed by atoms with Crippen molar-refractivity contribution in [3.63, 3.8) is 0 Å². The molecule has 2 nitrogen and oxygen atoms in total. The minimum absolute atomic E-state index is 0.674. The standard InChI is InChI=1S/C17H38N2/c1-6-11-14-17(18(9-4)15-12-7-2)19(10-5)16-13-8-3/h17H,6-16H2,1-5H3. The summed E-state index contributed by atoms with van der Waals surface area (Å²) in [4.78, 5) is 5.41. The fourth-order valence-electron chi connectivity index (χ4n) is 2.74. The summed E-state index contributed by atoms with van der Waals surface area (Å²) < 4.78 is 0. The maximum Gasteiger partial charge on any atom is 0.0622 e. The minimum Gasteiger partial charge on any atom is -0.288 e. The van der Waals surface area contributed by atoms with Crippen LogP contribution in [0, 0.1) is 0 Å². The highest BCUT2D eigenvalue weighted by atomic mass is 15.3. The zero-order chi connectivity index (χ0) is 14.5. The second kappa shape index (κ2) is 12.9. The summed E-state index contributed by atoms with van der Waals surface area (Å²) in [6.07, 6.45) is 9.96. The molecule has 0 atom stereocenters. The molecule has 2 heteroatoms. The molecule has 0 bridgehead atoms. The van der Waals surface area contributed by atoms with Crippen LogP contribution in [0.5, 0.6) is 0 Å². The topological polar surface area (TPSA) is 6.48 Å². The van der Waals surface area contributed by atoms with Gasteiger partial charge in [0.2, 0.25) is 0 Å². The van der Waals surface area contributed by atoms with Crippen molar-refractivity contribution < 1.29 is 0 Å². The molecule has 0 spiro atoms. The van der Waals surface area contributed by atoms with E-state index in [2.05, 4.69) is 44.4 Å². The van der Waals surface area contributed by atoms with Crippen LogP contribution < -0.4 is 0 Å². The van der Waals surface area contributed by atoms with E-state index in [1.54, 1.807) is 0 Å². The second-order valence-electron chi connectivity index (χ2n) is 5.59. The SMILES string of the molecule is CCCCC(N(CC)CCCC)N(CC)CCCC. The smallest absolute Gasteiger partial charge is 0.0622 e. The van der Waals surface area contributed by atoms with Crippen LogP contribution in [-0.4, -0.2) is 42.1 Å². The monoisotopic (exact) mass is 270 g/mol. The Bertz CT molecular complexity index is 166. The van der Waals surface area contributed by atoms with E-state index in [0.717, 1.165) is 0 Å². The third kappa shape index (κ3) is 7.94. The molecule has 0 saturated carbocycles. The zero-order valence-electron chi connectivity index (χ0n) is 14.2. The van der Waals surface area contributed by atoms with Crippen molar-refractivity contribution >= 4 is 0 Å². The second-order valence-corrected chi connectivity index (χ2v) is 5.59. The Morgan fingerprint density at radius 3 is 1.37 bits per heavy atom. The third-order valence-electron chi connectivity index (χ3n) is 4.07. The zero-order valence-corrected chi connectivity index (χ0v) is 14.2. The number of hydrogen-bond donors (Lipinski definition) is 0. The minimum atomic E-state index is 0.674. The lowest BCUT2D eigenvalue weighted by Crippen LogP contribution is -2.49. The first-order chi connectivity index (χ1) is 9.24. The van der Waals surface area contributed by atoms with Crippen molar-refractivity contribution in [1.82, 2.24) is 9.80 Å². The van der Waals surface area contributed by atoms with Gasteiger partial charge in [-0.15, -0.1) is 0 Å². The molecule has 0 aliphatic rings. The lowest BCUT2D eigenvalue weighted by Gasteiger charge is -2.39. The van der Waals surface area contributed by atoms with E-state index in [9.17, 15) is 0 Å². The lowest BCUT2D eigenvalue weighted by molar-refractivity contribution is 0.0388. The summed E-state index contributed by atoms with van der Waals surface area (Å²) >= 11 is 0. The van der Waals surface area contributed by atoms with Gasteiger partial charge in [0.15, 0.2) is 0 Å². The van der Waals surface area contributed by atoms with Gasteiger partial charge in [0.25, 0.3) is 0 Å². The van der Waals surface area contributed by atoms with Gasteiger partial charge in [-0.25, -0.2) is 0 Å². The van der Waals surface area contributed by atoms with Crippen molar-refractivity contribution in [2.45, 2.75) is 85.7 Å². The molecule has 0 aliphatic heterocycles. The number of hydrogen-bond acceptors (Lipinski definition) is 2. The average molecular weight is 271 g/mol. The van der Waals surface area contributed by atoms with Crippen LogP contribution in [0.4, 0.5) is 0 Å². The molecule has 0 N–H and O–H groups in total. The third-order valence-corrected chi connectivity index (χ3v) is 4.07. The Kier molecular flexibility index (Phi) is 12.9. The Balaban J connectivity index is 4.60. The van der Waals surface area contributed by atoms with Gasteiger partial charge in [-0.05, 0) is 45.4 Å². The van der Waals surface area contributed by atoms with Crippen LogP contribution in [0.25, 0.3) is 0 Å². The van der Waals surface area contributed by atoms with E-state index < -0.39 is 0 Å². The molecule has 0 rings (SSSR count). The van der Waals surface area contributed by atoms with Crippen LogP contribution in [0.2, 0.25) is 0 Å². The summed E-state index contributed by atoms with van der Waals surface area (Å²) in [5.74, 6) is 0. The van der Waals surface area contributed by atoms with Crippen LogP contribution in [-0.2, 0) is 0 Å².